The van der Waals surface area contributed by atoms with Gasteiger partial charge in [0.25, 0.3) is 0 Å². The Morgan fingerprint density at radius 2 is 2.00 bits per heavy atom. The molecule has 0 fully saturated rings. The summed E-state index contributed by atoms with van der Waals surface area (Å²) >= 11 is 0. The molecule has 2 aromatic rings. The summed E-state index contributed by atoms with van der Waals surface area (Å²) in [6.07, 6.45) is -0.393. The molecule has 5 nitrogen and oxygen atoms in total. The molecule has 2 N–H and O–H groups in total. The van der Waals surface area contributed by atoms with Crippen LogP contribution in [0.25, 0.3) is 11.0 Å². The lowest BCUT2D eigenvalue weighted by atomic mass is 10.1. The van der Waals surface area contributed by atoms with Crippen molar-refractivity contribution >= 4 is 17.1 Å². The molecular weight excluding hydrogens is 292 g/mol. The summed E-state index contributed by atoms with van der Waals surface area (Å²) < 4.78 is 11.0. The van der Waals surface area contributed by atoms with Crippen molar-refractivity contribution in [3.63, 3.8) is 0 Å². The summed E-state index contributed by atoms with van der Waals surface area (Å²) in [5.41, 5.74) is 1.58. The molecule has 1 aromatic carbocycles. The van der Waals surface area contributed by atoms with Crippen LogP contribution in [0.5, 0.6) is 0 Å². The van der Waals surface area contributed by atoms with E-state index in [2.05, 4.69) is 16.7 Å². The van der Waals surface area contributed by atoms with Gasteiger partial charge in [0.15, 0.2) is 0 Å². The third kappa shape index (κ3) is 4.99. The van der Waals surface area contributed by atoms with Gasteiger partial charge in [-0.05, 0) is 40.7 Å². The van der Waals surface area contributed by atoms with Crippen LogP contribution in [-0.2, 0) is 11.3 Å². The number of hydrogen-bond donors (Lipinski definition) is 2. The zero-order valence-electron chi connectivity index (χ0n) is 14.5. The summed E-state index contributed by atoms with van der Waals surface area (Å²) in [4.78, 5) is 11.6. The molecule has 1 heterocycles. The number of ether oxygens (including phenoxy) is 1. The summed E-state index contributed by atoms with van der Waals surface area (Å²) in [5, 5.41) is 7.31. The molecule has 0 spiro atoms. The number of furan rings is 1. The van der Waals surface area contributed by atoms with Gasteiger partial charge in [0.05, 0.1) is 0 Å². The fourth-order valence-corrected chi connectivity index (χ4v) is 2.34. The summed E-state index contributed by atoms with van der Waals surface area (Å²) in [6, 6.07) is 8.13. The van der Waals surface area contributed by atoms with Crippen LogP contribution < -0.4 is 10.6 Å². The average Bonchev–Trinajstić information content (AvgIpc) is 2.76. The van der Waals surface area contributed by atoms with Crippen LogP contribution >= 0.6 is 0 Å². The predicted octanol–water partition coefficient (Wildman–Crippen LogP) is 3.74. The normalized spacial score (nSPS) is 13.1. The molecule has 126 valence electrons. The molecule has 1 amide bonds. The van der Waals surface area contributed by atoms with Crippen LogP contribution in [0.4, 0.5) is 4.79 Å². The highest BCUT2D eigenvalue weighted by Gasteiger charge is 2.16. The first-order chi connectivity index (χ1) is 10.8. The number of carbonyl (C=O) groups is 1. The second-order valence-electron chi connectivity index (χ2n) is 6.80. The molecule has 1 unspecified atom stereocenters. The standard InChI is InChI=1S/C18H26N2O3/c1-12(10-20-17(21)23-18(3,4)5)19-11-15-13(2)22-16-9-7-6-8-14(15)16/h6-9,12,19H,10-11H2,1-5H3,(H,20,21). The number of nitrogens with one attached hydrogen (secondary N) is 2. The topological polar surface area (TPSA) is 63.5 Å². The van der Waals surface area contributed by atoms with Gasteiger partial charge in [-0.3, -0.25) is 0 Å². The van der Waals surface area contributed by atoms with E-state index in [-0.39, 0.29) is 6.04 Å². The maximum absolute atomic E-state index is 11.6. The van der Waals surface area contributed by atoms with Crippen molar-refractivity contribution < 1.29 is 13.9 Å². The van der Waals surface area contributed by atoms with E-state index >= 15 is 0 Å². The minimum Gasteiger partial charge on any atom is -0.461 e. The van der Waals surface area contributed by atoms with E-state index in [1.54, 1.807) is 0 Å². The highest BCUT2D eigenvalue weighted by molar-refractivity contribution is 5.82. The first-order valence-electron chi connectivity index (χ1n) is 7.93. The average molecular weight is 318 g/mol. The summed E-state index contributed by atoms with van der Waals surface area (Å²) in [5.74, 6) is 0.922. The Kier molecular flexibility index (Phi) is 5.31. The highest BCUT2D eigenvalue weighted by Crippen LogP contribution is 2.24. The Morgan fingerprint density at radius 1 is 1.30 bits per heavy atom. The van der Waals surface area contributed by atoms with Crippen LogP contribution in [0.2, 0.25) is 0 Å². The molecule has 0 aliphatic heterocycles. The second kappa shape index (κ2) is 7.04. The van der Waals surface area contributed by atoms with Crippen molar-refractivity contribution in [1.29, 1.82) is 0 Å². The minimum atomic E-state index is -0.479. The van der Waals surface area contributed by atoms with Crippen molar-refractivity contribution in [3.8, 4) is 0 Å². The Morgan fingerprint density at radius 3 is 2.70 bits per heavy atom. The first kappa shape index (κ1) is 17.3. The van der Waals surface area contributed by atoms with Crippen LogP contribution in [-0.4, -0.2) is 24.3 Å². The van der Waals surface area contributed by atoms with Crippen molar-refractivity contribution in [1.82, 2.24) is 10.6 Å². The van der Waals surface area contributed by atoms with Gasteiger partial charge in [-0.2, -0.15) is 0 Å². The van der Waals surface area contributed by atoms with Crippen molar-refractivity contribution in [2.45, 2.75) is 52.8 Å². The Hall–Kier alpha value is -2.01. The molecule has 0 saturated carbocycles. The zero-order chi connectivity index (χ0) is 17.0. The number of hydrogen-bond acceptors (Lipinski definition) is 4. The van der Waals surface area contributed by atoms with Gasteiger partial charge in [-0.15, -0.1) is 0 Å². The van der Waals surface area contributed by atoms with Gasteiger partial charge >= 0.3 is 6.09 Å². The van der Waals surface area contributed by atoms with E-state index in [1.807, 2.05) is 52.8 Å². The molecule has 0 saturated heterocycles. The van der Waals surface area contributed by atoms with Crippen LogP contribution in [0.3, 0.4) is 0 Å². The van der Waals surface area contributed by atoms with Gasteiger partial charge in [0, 0.05) is 30.1 Å². The van der Waals surface area contributed by atoms with E-state index in [0.717, 1.165) is 22.3 Å². The monoisotopic (exact) mass is 318 g/mol. The van der Waals surface area contributed by atoms with Gasteiger partial charge in [-0.25, -0.2) is 4.79 Å². The number of carbonyl (C=O) groups excluding carboxylic acids is 1. The highest BCUT2D eigenvalue weighted by atomic mass is 16.6. The fraction of sp³-hybridized carbons (Fsp3) is 0.500. The molecule has 5 heteroatoms. The number of para-hydroxylation sites is 1. The van der Waals surface area contributed by atoms with Crippen LogP contribution in [0.1, 0.15) is 39.0 Å². The molecule has 23 heavy (non-hydrogen) atoms. The molecule has 0 aliphatic carbocycles. The summed E-state index contributed by atoms with van der Waals surface area (Å²) in [7, 11) is 0. The van der Waals surface area contributed by atoms with Crippen LogP contribution in [0, 0.1) is 6.92 Å². The Bertz CT molecular complexity index is 670. The molecule has 0 bridgehead atoms. The predicted molar refractivity (Wildman–Crippen MR) is 91.5 cm³/mol. The Labute approximate surface area is 137 Å². The van der Waals surface area contributed by atoms with E-state index in [9.17, 15) is 4.79 Å². The lowest BCUT2D eigenvalue weighted by Crippen LogP contribution is -2.41. The van der Waals surface area contributed by atoms with E-state index in [1.165, 1.54) is 0 Å². The first-order valence-corrected chi connectivity index (χ1v) is 7.93. The molecule has 1 aromatic heterocycles. The number of aryl methyl sites for hydroxylation is 1. The maximum Gasteiger partial charge on any atom is 0.407 e. The number of alkyl carbamates (subject to hydrolysis) is 1. The third-order valence-electron chi connectivity index (χ3n) is 3.48. The molecule has 2 rings (SSSR count). The number of amides is 1. The lowest BCUT2D eigenvalue weighted by Gasteiger charge is -2.21. The second-order valence-corrected chi connectivity index (χ2v) is 6.80. The molecular formula is C18H26N2O3. The fourth-order valence-electron chi connectivity index (χ4n) is 2.34. The minimum absolute atomic E-state index is 0.121. The lowest BCUT2D eigenvalue weighted by molar-refractivity contribution is 0.0523. The van der Waals surface area contributed by atoms with Crippen molar-refractivity contribution in [2.75, 3.05) is 6.54 Å². The maximum atomic E-state index is 11.6. The van der Waals surface area contributed by atoms with E-state index in [0.29, 0.717) is 13.1 Å². The van der Waals surface area contributed by atoms with E-state index < -0.39 is 11.7 Å². The number of rotatable bonds is 5. The quantitative estimate of drug-likeness (QED) is 0.881. The SMILES string of the molecule is Cc1oc2ccccc2c1CNC(C)CNC(=O)OC(C)(C)C. The van der Waals surface area contributed by atoms with Gasteiger partial charge in [-0.1, -0.05) is 18.2 Å². The van der Waals surface area contributed by atoms with Crippen molar-refractivity contribution in [2.24, 2.45) is 0 Å². The molecule has 0 aliphatic rings. The molecule has 1 atom stereocenters. The summed E-state index contributed by atoms with van der Waals surface area (Å²) in [6.45, 7) is 10.7. The smallest absolute Gasteiger partial charge is 0.407 e. The third-order valence-corrected chi connectivity index (χ3v) is 3.48. The van der Waals surface area contributed by atoms with E-state index in [4.69, 9.17) is 9.15 Å². The van der Waals surface area contributed by atoms with Gasteiger partial charge < -0.3 is 19.8 Å². The Balaban J connectivity index is 1.85. The van der Waals surface area contributed by atoms with Crippen LogP contribution in [0.15, 0.2) is 28.7 Å². The van der Waals surface area contributed by atoms with Gasteiger partial charge in [0.2, 0.25) is 0 Å². The van der Waals surface area contributed by atoms with Gasteiger partial charge in [0.1, 0.15) is 16.9 Å². The molecule has 0 radical (unpaired) electrons. The number of fused-ring (bicyclic) bond motifs is 1. The largest absolute Gasteiger partial charge is 0.461 e. The zero-order valence-corrected chi connectivity index (χ0v) is 14.5. The van der Waals surface area contributed by atoms with Crippen molar-refractivity contribution in [3.05, 3.63) is 35.6 Å². The number of benzene rings is 1.